The first-order valence-electron chi connectivity index (χ1n) is 4.57. The Hall–Kier alpha value is -0.950. The minimum absolute atomic E-state index is 0.490. The largest absolute Gasteiger partial charge is 0.0899 e. The Bertz CT molecular complexity index is 157. The fraction of sp³-hybridized carbons (Fsp3) is 0.778. The number of hydrogen-bond donors (Lipinski definition) is 0. The quantitative estimate of drug-likeness (QED) is 0.182. The molecule has 0 N–H and O–H groups in total. The fourth-order valence-corrected chi connectivity index (χ4v) is 0.965. The molecular formula is C9H17N3. The second-order valence-electron chi connectivity index (χ2n) is 2.73. The topological polar surface area (TPSA) is 48.8 Å². The molecular weight excluding hydrogens is 150 g/mol. The summed E-state index contributed by atoms with van der Waals surface area (Å²) >= 11 is 0. The predicted octanol–water partition coefficient (Wildman–Crippen LogP) is 3.82. The molecule has 0 spiro atoms. The summed E-state index contributed by atoms with van der Waals surface area (Å²) in [7, 11) is 0. The molecule has 0 aromatic rings. The van der Waals surface area contributed by atoms with Crippen LogP contribution >= 0.6 is 0 Å². The summed E-state index contributed by atoms with van der Waals surface area (Å²) in [5, 5.41) is 3.40. The van der Waals surface area contributed by atoms with Crippen LogP contribution in [-0.4, -0.2) is 6.54 Å². The monoisotopic (exact) mass is 167 g/mol. The van der Waals surface area contributed by atoms with Gasteiger partial charge in [-0.05, 0) is 18.4 Å². The molecule has 0 radical (unpaired) electrons. The lowest BCUT2D eigenvalue weighted by Crippen LogP contribution is -1.74. The van der Waals surface area contributed by atoms with E-state index in [2.05, 4.69) is 23.0 Å². The van der Waals surface area contributed by atoms with Crippen molar-refractivity contribution in [2.24, 2.45) is 5.11 Å². The van der Waals surface area contributed by atoms with Crippen molar-refractivity contribution in [3.63, 3.8) is 0 Å². The van der Waals surface area contributed by atoms with Crippen LogP contribution < -0.4 is 0 Å². The summed E-state index contributed by atoms with van der Waals surface area (Å²) in [5.41, 5.74) is 7.96. The highest BCUT2D eigenvalue weighted by Crippen LogP contribution is 2.02. The van der Waals surface area contributed by atoms with Gasteiger partial charge >= 0.3 is 0 Å². The van der Waals surface area contributed by atoms with Gasteiger partial charge in [0.1, 0.15) is 0 Å². The average Bonchev–Trinajstić information content (AvgIpc) is 2.10. The number of allylic oxidation sites excluding steroid dienone is 1. The lowest BCUT2D eigenvalue weighted by molar-refractivity contribution is 0.674. The first-order chi connectivity index (χ1) is 5.91. The van der Waals surface area contributed by atoms with Crippen LogP contribution in [-0.2, 0) is 0 Å². The Kier molecular flexibility index (Phi) is 9.25. The van der Waals surface area contributed by atoms with Gasteiger partial charge in [0.15, 0.2) is 0 Å². The molecule has 0 aliphatic carbocycles. The Labute approximate surface area is 74.1 Å². The third kappa shape index (κ3) is 9.05. The number of hydrogen-bond acceptors (Lipinski definition) is 1. The SMILES string of the molecule is CCCCCC/C=C/CN=[N+]=[N-]. The first-order valence-corrected chi connectivity index (χ1v) is 4.57. The molecule has 0 unspecified atom stereocenters. The van der Waals surface area contributed by atoms with Crippen molar-refractivity contribution < 1.29 is 0 Å². The maximum atomic E-state index is 7.96. The molecule has 12 heavy (non-hydrogen) atoms. The van der Waals surface area contributed by atoms with Gasteiger partial charge in [-0.25, -0.2) is 0 Å². The van der Waals surface area contributed by atoms with Crippen molar-refractivity contribution in [1.29, 1.82) is 0 Å². The summed E-state index contributed by atoms with van der Waals surface area (Å²) in [5.74, 6) is 0. The molecule has 0 atom stereocenters. The maximum absolute atomic E-state index is 7.96. The van der Waals surface area contributed by atoms with Crippen LogP contribution in [0.25, 0.3) is 10.4 Å². The third-order valence-corrected chi connectivity index (χ3v) is 1.64. The van der Waals surface area contributed by atoms with Crippen molar-refractivity contribution >= 4 is 0 Å². The van der Waals surface area contributed by atoms with E-state index in [-0.39, 0.29) is 0 Å². The van der Waals surface area contributed by atoms with Crippen LogP contribution in [0.5, 0.6) is 0 Å². The van der Waals surface area contributed by atoms with E-state index in [1.165, 1.54) is 25.7 Å². The second-order valence-corrected chi connectivity index (χ2v) is 2.73. The molecule has 68 valence electrons. The summed E-state index contributed by atoms with van der Waals surface area (Å²) in [6.07, 6.45) is 10.3. The molecule has 3 nitrogen and oxygen atoms in total. The van der Waals surface area contributed by atoms with Crippen LogP contribution in [0.4, 0.5) is 0 Å². The van der Waals surface area contributed by atoms with E-state index in [9.17, 15) is 0 Å². The number of nitrogens with zero attached hydrogens (tertiary/aromatic N) is 3. The molecule has 0 bridgehead atoms. The minimum atomic E-state index is 0.490. The van der Waals surface area contributed by atoms with Gasteiger partial charge in [0.25, 0.3) is 0 Å². The van der Waals surface area contributed by atoms with E-state index in [1.54, 1.807) is 0 Å². The zero-order valence-corrected chi connectivity index (χ0v) is 7.74. The molecule has 0 aromatic carbocycles. The minimum Gasteiger partial charge on any atom is -0.0899 e. The normalized spacial score (nSPS) is 10.1. The van der Waals surface area contributed by atoms with Gasteiger partial charge in [0.05, 0.1) is 0 Å². The van der Waals surface area contributed by atoms with Crippen molar-refractivity contribution in [2.75, 3.05) is 6.54 Å². The predicted molar refractivity (Wildman–Crippen MR) is 51.9 cm³/mol. The van der Waals surface area contributed by atoms with E-state index in [0.29, 0.717) is 6.54 Å². The molecule has 0 rings (SSSR count). The van der Waals surface area contributed by atoms with Gasteiger partial charge in [0.2, 0.25) is 0 Å². The van der Waals surface area contributed by atoms with Crippen LogP contribution in [0.2, 0.25) is 0 Å². The fourth-order valence-electron chi connectivity index (χ4n) is 0.965. The van der Waals surface area contributed by atoms with Crippen molar-refractivity contribution in [3.8, 4) is 0 Å². The van der Waals surface area contributed by atoms with Gasteiger partial charge in [0, 0.05) is 11.5 Å². The highest BCUT2D eigenvalue weighted by molar-refractivity contribution is 4.83. The van der Waals surface area contributed by atoms with Gasteiger partial charge < -0.3 is 0 Å². The highest BCUT2D eigenvalue weighted by atomic mass is 15.1. The zero-order chi connectivity index (χ0) is 9.07. The summed E-state index contributed by atoms with van der Waals surface area (Å²) < 4.78 is 0. The number of unbranched alkanes of at least 4 members (excludes halogenated alkanes) is 4. The number of azide groups is 1. The number of rotatable bonds is 7. The highest BCUT2D eigenvalue weighted by Gasteiger charge is 1.83. The molecule has 0 saturated heterocycles. The molecule has 0 aliphatic heterocycles. The Balaban J connectivity index is 3.07. The molecule has 3 heteroatoms. The van der Waals surface area contributed by atoms with Gasteiger partial charge in [-0.3, -0.25) is 0 Å². The first kappa shape index (κ1) is 11.1. The van der Waals surface area contributed by atoms with Crippen molar-refractivity contribution in [1.82, 2.24) is 0 Å². The van der Waals surface area contributed by atoms with Crippen LogP contribution in [0, 0.1) is 0 Å². The van der Waals surface area contributed by atoms with E-state index >= 15 is 0 Å². The lowest BCUT2D eigenvalue weighted by atomic mass is 10.1. The maximum Gasteiger partial charge on any atom is 0.0440 e. The van der Waals surface area contributed by atoms with Crippen LogP contribution in [0.1, 0.15) is 39.0 Å². The van der Waals surface area contributed by atoms with Crippen LogP contribution in [0.3, 0.4) is 0 Å². The van der Waals surface area contributed by atoms with E-state index in [1.807, 2.05) is 6.08 Å². The van der Waals surface area contributed by atoms with Crippen molar-refractivity contribution in [3.05, 3.63) is 22.6 Å². The second kappa shape index (κ2) is 10.0. The van der Waals surface area contributed by atoms with E-state index in [0.717, 1.165) is 6.42 Å². The Morgan fingerprint density at radius 1 is 1.25 bits per heavy atom. The zero-order valence-electron chi connectivity index (χ0n) is 7.74. The molecule has 0 amide bonds. The van der Waals surface area contributed by atoms with E-state index in [4.69, 9.17) is 5.53 Å². The lowest BCUT2D eigenvalue weighted by Gasteiger charge is -1.93. The Morgan fingerprint density at radius 2 is 2.08 bits per heavy atom. The standard InChI is InChI=1S/C9H17N3/c1-2-3-4-5-6-7-8-9-11-12-10/h7-8H,2-6,9H2,1H3/b8-7+. The van der Waals surface area contributed by atoms with Gasteiger partial charge in [-0.1, -0.05) is 43.5 Å². The summed E-state index contributed by atoms with van der Waals surface area (Å²) in [6.45, 7) is 2.70. The molecule has 0 aliphatic rings. The van der Waals surface area contributed by atoms with Gasteiger partial charge in [-0.15, -0.1) is 0 Å². The molecule has 0 fully saturated rings. The smallest absolute Gasteiger partial charge is 0.0440 e. The van der Waals surface area contributed by atoms with Crippen LogP contribution in [0.15, 0.2) is 17.3 Å². The molecule has 0 aromatic heterocycles. The van der Waals surface area contributed by atoms with Gasteiger partial charge in [-0.2, -0.15) is 0 Å². The molecule has 0 saturated carbocycles. The third-order valence-electron chi connectivity index (χ3n) is 1.64. The summed E-state index contributed by atoms with van der Waals surface area (Å²) in [4.78, 5) is 2.66. The van der Waals surface area contributed by atoms with E-state index < -0.39 is 0 Å². The molecule has 0 heterocycles. The Morgan fingerprint density at radius 3 is 2.75 bits per heavy atom. The average molecular weight is 167 g/mol. The summed E-state index contributed by atoms with van der Waals surface area (Å²) in [6, 6.07) is 0. The van der Waals surface area contributed by atoms with Crippen molar-refractivity contribution in [2.45, 2.75) is 39.0 Å².